The minimum atomic E-state index is -0.248. The number of para-hydroxylation sites is 1. The second kappa shape index (κ2) is 11.2. The van der Waals surface area contributed by atoms with E-state index in [1.807, 2.05) is 70.5 Å². The van der Waals surface area contributed by atoms with Gasteiger partial charge in [0, 0.05) is 26.1 Å². The molecular weight excluding hydrogens is 436 g/mol. The molecule has 1 heterocycles. The zero-order valence-electron chi connectivity index (χ0n) is 20.8. The Hall–Kier alpha value is -3.60. The summed E-state index contributed by atoms with van der Waals surface area (Å²) in [6.45, 7) is 4.84. The number of benzene rings is 3. The first-order chi connectivity index (χ1) is 17.0. The maximum atomic E-state index is 13.9. The summed E-state index contributed by atoms with van der Waals surface area (Å²) < 4.78 is 5.56. The van der Waals surface area contributed by atoms with Crippen LogP contribution in [0.3, 0.4) is 0 Å². The van der Waals surface area contributed by atoms with E-state index in [0.29, 0.717) is 19.5 Å². The molecule has 2 atom stereocenters. The highest BCUT2D eigenvalue weighted by Crippen LogP contribution is 2.33. The highest BCUT2D eigenvalue weighted by Gasteiger charge is 2.33. The molecule has 3 aromatic rings. The smallest absolute Gasteiger partial charge is 0.225 e. The minimum absolute atomic E-state index is 0.00832. The summed E-state index contributed by atoms with van der Waals surface area (Å²) in [6, 6.07) is 25.9. The van der Waals surface area contributed by atoms with Crippen LogP contribution in [0.15, 0.2) is 78.9 Å². The lowest BCUT2D eigenvalue weighted by Gasteiger charge is -2.38. The van der Waals surface area contributed by atoms with E-state index in [9.17, 15) is 9.59 Å². The largest absolute Gasteiger partial charge is 0.496 e. The van der Waals surface area contributed by atoms with Crippen molar-refractivity contribution in [2.75, 3.05) is 13.7 Å². The molecule has 5 heteroatoms. The van der Waals surface area contributed by atoms with Crippen molar-refractivity contribution in [3.8, 4) is 5.75 Å². The van der Waals surface area contributed by atoms with Crippen molar-refractivity contribution in [1.29, 1.82) is 0 Å². The normalized spacial score (nSPS) is 15.7. The number of hydrogen-bond acceptors (Lipinski definition) is 3. The summed E-state index contributed by atoms with van der Waals surface area (Å²) in [5.41, 5.74) is 4.46. The standard InChI is InChI=1S/C30H34N2O3/c1-22(19-26-14-8-10-16-29(26)35-3)32(21-24-11-5-4-6-12-24)30(34)20-28-27-15-9-7-13-25(27)17-18-31(28)23(2)33/h4-16,22,28H,17-21H2,1-3H3. The molecule has 0 aromatic heterocycles. The molecule has 4 rings (SSSR count). The lowest BCUT2D eigenvalue weighted by molar-refractivity contribution is -0.138. The molecule has 1 aliphatic rings. The van der Waals surface area contributed by atoms with Gasteiger partial charge in [0.25, 0.3) is 0 Å². The molecule has 0 N–H and O–H groups in total. The summed E-state index contributed by atoms with van der Waals surface area (Å²) in [5.74, 6) is 0.883. The summed E-state index contributed by atoms with van der Waals surface area (Å²) in [4.78, 5) is 30.2. The van der Waals surface area contributed by atoms with E-state index in [1.54, 1.807) is 14.0 Å². The average Bonchev–Trinajstić information content (AvgIpc) is 2.88. The molecule has 0 saturated carbocycles. The first-order valence-electron chi connectivity index (χ1n) is 12.3. The van der Waals surface area contributed by atoms with Crippen molar-refractivity contribution in [3.63, 3.8) is 0 Å². The van der Waals surface area contributed by atoms with E-state index in [0.717, 1.165) is 28.9 Å². The Morgan fingerprint density at radius 2 is 1.69 bits per heavy atom. The molecule has 0 aliphatic carbocycles. The molecule has 3 aromatic carbocycles. The second-order valence-corrected chi connectivity index (χ2v) is 9.25. The fraction of sp³-hybridized carbons (Fsp3) is 0.333. The molecule has 0 radical (unpaired) electrons. The van der Waals surface area contributed by atoms with Crippen LogP contribution in [0.1, 0.15) is 48.6 Å². The van der Waals surface area contributed by atoms with Gasteiger partial charge in [0.2, 0.25) is 11.8 Å². The number of nitrogens with zero attached hydrogens (tertiary/aromatic N) is 2. The third-order valence-corrected chi connectivity index (χ3v) is 6.94. The van der Waals surface area contributed by atoms with E-state index in [1.165, 1.54) is 5.56 Å². The van der Waals surface area contributed by atoms with E-state index >= 15 is 0 Å². The molecule has 0 bridgehead atoms. The molecule has 1 aliphatic heterocycles. The number of ether oxygens (including phenoxy) is 1. The number of methoxy groups -OCH3 is 1. The number of hydrogen-bond donors (Lipinski definition) is 0. The minimum Gasteiger partial charge on any atom is -0.496 e. The molecule has 5 nitrogen and oxygen atoms in total. The Kier molecular flexibility index (Phi) is 7.86. The molecule has 0 spiro atoms. The fourth-order valence-electron chi connectivity index (χ4n) is 5.10. The van der Waals surface area contributed by atoms with Crippen molar-refractivity contribution in [1.82, 2.24) is 9.80 Å². The number of carbonyl (C=O) groups excluding carboxylic acids is 2. The van der Waals surface area contributed by atoms with Crippen molar-refractivity contribution in [3.05, 3.63) is 101 Å². The van der Waals surface area contributed by atoms with E-state index < -0.39 is 0 Å². The molecule has 0 fully saturated rings. The molecule has 2 unspecified atom stereocenters. The van der Waals surface area contributed by atoms with Gasteiger partial charge in [-0.25, -0.2) is 0 Å². The Bertz CT molecular complexity index is 1160. The zero-order valence-corrected chi connectivity index (χ0v) is 20.8. The topological polar surface area (TPSA) is 49.9 Å². The maximum Gasteiger partial charge on any atom is 0.225 e. The number of fused-ring (bicyclic) bond motifs is 1. The molecule has 182 valence electrons. The van der Waals surface area contributed by atoms with Gasteiger partial charge in [-0.1, -0.05) is 72.8 Å². The van der Waals surface area contributed by atoms with Crippen molar-refractivity contribution in [2.45, 2.75) is 51.7 Å². The van der Waals surface area contributed by atoms with Crippen LogP contribution < -0.4 is 4.74 Å². The van der Waals surface area contributed by atoms with Crippen LogP contribution in [0.4, 0.5) is 0 Å². The Balaban J connectivity index is 1.62. The molecular formula is C30H34N2O3. The van der Waals surface area contributed by atoms with Gasteiger partial charge in [-0.2, -0.15) is 0 Å². The summed E-state index contributed by atoms with van der Waals surface area (Å²) in [5, 5.41) is 0. The van der Waals surface area contributed by atoms with Crippen LogP contribution in [-0.4, -0.2) is 41.3 Å². The van der Waals surface area contributed by atoms with E-state index in [2.05, 4.69) is 25.1 Å². The average molecular weight is 471 g/mol. The lowest BCUT2D eigenvalue weighted by Crippen LogP contribution is -2.44. The lowest BCUT2D eigenvalue weighted by atomic mass is 9.90. The number of rotatable bonds is 8. The van der Waals surface area contributed by atoms with E-state index in [-0.39, 0.29) is 30.3 Å². The monoisotopic (exact) mass is 470 g/mol. The predicted molar refractivity (Wildman–Crippen MR) is 138 cm³/mol. The van der Waals surface area contributed by atoms with Gasteiger partial charge in [0.1, 0.15) is 5.75 Å². The molecule has 2 amide bonds. The fourth-order valence-corrected chi connectivity index (χ4v) is 5.10. The summed E-state index contributed by atoms with van der Waals surface area (Å²) in [7, 11) is 1.67. The molecule has 0 saturated heterocycles. The van der Waals surface area contributed by atoms with Crippen molar-refractivity contribution < 1.29 is 14.3 Å². The van der Waals surface area contributed by atoms with Crippen LogP contribution in [0.5, 0.6) is 5.75 Å². The Morgan fingerprint density at radius 1 is 1.00 bits per heavy atom. The van der Waals surface area contributed by atoms with Gasteiger partial charge < -0.3 is 14.5 Å². The SMILES string of the molecule is COc1ccccc1CC(C)N(Cc1ccccc1)C(=O)CC1c2ccccc2CCN1C(C)=O. The summed E-state index contributed by atoms with van der Waals surface area (Å²) in [6.07, 6.45) is 1.76. The van der Waals surface area contributed by atoms with Crippen molar-refractivity contribution in [2.24, 2.45) is 0 Å². The van der Waals surface area contributed by atoms with Crippen LogP contribution >= 0.6 is 0 Å². The van der Waals surface area contributed by atoms with Crippen LogP contribution in [0.2, 0.25) is 0 Å². The van der Waals surface area contributed by atoms with Crippen LogP contribution in [0.25, 0.3) is 0 Å². The third kappa shape index (κ3) is 5.73. The Morgan fingerprint density at radius 3 is 2.43 bits per heavy atom. The van der Waals surface area contributed by atoms with Gasteiger partial charge in [0.05, 0.1) is 19.6 Å². The van der Waals surface area contributed by atoms with Gasteiger partial charge in [-0.15, -0.1) is 0 Å². The van der Waals surface area contributed by atoms with E-state index in [4.69, 9.17) is 4.74 Å². The highest BCUT2D eigenvalue weighted by molar-refractivity contribution is 5.80. The number of carbonyl (C=O) groups is 2. The van der Waals surface area contributed by atoms with Gasteiger partial charge in [0.15, 0.2) is 0 Å². The van der Waals surface area contributed by atoms with Gasteiger partial charge in [-0.05, 0) is 48.1 Å². The summed E-state index contributed by atoms with van der Waals surface area (Å²) >= 11 is 0. The molecule has 35 heavy (non-hydrogen) atoms. The number of amides is 2. The first-order valence-corrected chi connectivity index (χ1v) is 12.3. The van der Waals surface area contributed by atoms with Gasteiger partial charge >= 0.3 is 0 Å². The van der Waals surface area contributed by atoms with Gasteiger partial charge in [-0.3, -0.25) is 9.59 Å². The highest BCUT2D eigenvalue weighted by atomic mass is 16.5. The second-order valence-electron chi connectivity index (χ2n) is 9.25. The Labute approximate surface area is 208 Å². The van der Waals surface area contributed by atoms with Crippen LogP contribution in [-0.2, 0) is 29.0 Å². The van der Waals surface area contributed by atoms with Crippen LogP contribution in [0, 0.1) is 0 Å². The third-order valence-electron chi connectivity index (χ3n) is 6.94. The maximum absolute atomic E-state index is 13.9. The zero-order chi connectivity index (χ0) is 24.8. The predicted octanol–water partition coefficient (Wildman–Crippen LogP) is 5.19. The quantitative estimate of drug-likeness (QED) is 0.455. The van der Waals surface area contributed by atoms with Crippen molar-refractivity contribution >= 4 is 11.8 Å². The first kappa shape index (κ1) is 24.5.